The van der Waals surface area contributed by atoms with Gasteiger partial charge in [0.05, 0.1) is 0 Å². The Morgan fingerprint density at radius 1 is 0.909 bits per heavy atom. The second-order valence-electron chi connectivity index (χ2n) is 12.0. The van der Waals surface area contributed by atoms with E-state index < -0.39 is 0 Å². The highest BCUT2D eigenvalue weighted by molar-refractivity contribution is 5.81. The van der Waals surface area contributed by atoms with Crippen molar-refractivity contribution in [1.82, 2.24) is 19.8 Å². The van der Waals surface area contributed by atoms with E-state index in [1.165, 1.54) is 11.1 Å². The van der Waals surface area contributed by atoms with Crippen LogP contribution in [0.25, 0.3) is 0 Å². The summed E-state index contributed by atoms with van der Waals surface area (Å²) in [4.78, 5) is 26.5. The summed E-state index contributed by atoms with van der Waals surface area (Å²) in [6, 6.07) is 8.55. The molecule has 5 heteroatoms. The van der Waals surface area contributed by atoms with Gasteiger partial charge < -0.3 is 4.90 Å². The second-order valence-corrected chi connectivity index (χ2v) is 12.0. The van der Waals surface area contributed by atoms with E-state index in [9.17, 15) is 4.79 Å². The van der Waals surface area contributed by atoms with Gasteiger partial charge in [0.2, 0.25) is 5.91 Å². The molecule has 0 N–H and O–H groups in total. The van der Waals surface area contributed by atoms with Gasteiger partial charge in [0.1, 0.15) is 0 Å². The largest absolute Gasteiger partial charge is 0.340 e. The Bertz CT molecular complexity index is 966. The van der Waals surface area contributed by atoms with Gasteiger partial charge in [0.15, 0.2) is 0 Å². The monoisotopic (exact) mass is 450 g/mol. The highest BCUT2D eigenvalue weighted by Gasteiger charge is 2.32. The third-order valence-electron chi connectivity index (χ3n) is 6.73. The molecule has 2 aromatic rings. The summed E-state index contributed by atoms with van der Waals surface area (Å²) in [6.45, 7) is 21.6. The summed E-state index contributed by atoms with van der Waals surface area (Å²) in [5.74, 6) is 0.251. The number of nitrogens with zero attached hydrogens (tertiary/aromatic N) is 4. The number of hydrogen-bond donors (Lipinski definition) is 0. The van der Waals surface area contributed by atoms with Crippen LogP contribution in [0.2, 0.25) is 0 Å². The molecule has 3 heterocycles. The predicted octanol–water partition coefficient (Wildman–Crippen LogP) is 4.77. The molecule has 0 spiro atoms. The number of carbonyl (C=O) groups excluding carboxylic acids is 1. The van der Waals surface area contributed by atoms with Crippen LogP contribution in [0.1, 0.15) is 71.0 Å². The van der Waals surface area contributed by atoms with Gasteiger partial charge in [-0.05, 0) is 42.7 Å². The van der Waals surface area contributed by atoms with Gasteiger partial charge in [-0.3, -0.25) is 19.7 Å². The molecule has 3 rings (SSSR count). The number of hydrogen-bond acceptors (Lipinski definition) is 4. The highest BCUT2D eigenvalue weighted by atomic mass is 16.2. The summed E-state index contributed by atoms with van der Waals surface area (Å²) in [5.41, 5.74) is 4.38. The highest BCUT2D eigenvalue weighted by Crippen LogP contribution is 2.30. The molecule has 1 aliphatic heterocycles. The quantitative estimate of drug-likeness (QED) is 0.636. The lowest BCUT2D eigenvalue weighted by Crippen LogP contribution is -2.53. The number of amides is 1. The standard InChI is InChI=1S/C28H42N4O/c1-21-10-9-12-30-24(21)27(5,6)19-22-11-13-29-23(18-22)28(7,8)20-31-14-16-32(17-15-31)25(33)26(2,3)4/h9-13,18H,14-17,19-20H2,1-8H3. The SMILES string of the molecule is Cc1cccnc1C(C)(C)Cc1ccnc(C(C)(C)CN2CCN(C(=O)C(C)(C)C)CC2)c1. The zero-order valence-corrected chi connectivity index (χ0v) is 21.9. The van der Waals surface area contributed by atoms with Gasteiger partial charge >= 0.3 is 0 Å². The fraction of sp³-hybridized carbons (Fsp3) is 0.607. The summed E-state index contributed by atoms with van der Waals surface area (Å²) in [7, 11) is 0. The molecule has 0 aromatic carbocycles. The van der Waals surface area contributed by atoms with Crippen LogP contribution in [-0.2, 0) is 22.0 Å². The average Bonchev–Trinajstić information content (AvgIpc) is 2.73. The van der Waals surface area contributed by atoms with E-state index in [0.717, 1.165) is 50.5 Å². The fourth-order valence-electron chi connectivity index (χ4n) is 4.97. The van der Waals surface area contributed by atoms with Crippen LogP contribution in [0.5, 0.6) is 0 Å². The van der Waals surface area contributed by atoms with Crippen molar-refractivity contribution < 1.29 is 4.79 Å². The van der Waals surface area contributed by atoms with Crippen LogP contribution in [0.15, 0.2) is 36.7 Å². The minimum Gasteiger partial charge on any atom is -0.340 e. The van der Waals surface area contributed by atoms with E-state index in [0.29, 0.717) is 0 Å². The third-order valence-corrected chi connectivity index (χ3v) is 6.73. The van der Waals surface area contributed by atoms with Gasteiger partial charge in [-0.25, -0.2) is 0 Å². The topological polar surface area (TPSA) is 49.3 Å². The Kier molecular flexibility index (Phi) is 7.33. The van der Waals surface area contributed by atoms with Crippen LogP contribution in [0.3, 0.4) is 0 Å². The molecular weight excluding hydrogens is 408 g/mol. The average molecular weight is 451 g/mol. The van der Waals surface area contributed by atoms with Crippen LogP contribution < -0.4 is 0 Å². The first-order chi connectivity index (χ1) is 15.3. The van der Waals surface area contributed by atoms with Crippen LogP contribution in [0.4, 0.5) is 0 Å². The number of piperazine rings is 1. The van der Waals surface area contributed by atoms with E-state index >= 15 is 0 Å². The Morgan fingerprint density at radius 3 is 2.18 bits per heavy atom. The summed E-state index contributed by atoms with van der Waals surface area (Å²) in [6.07, 6.45) is 4.76. The van der Waals surface area contributed by atoms with Crippen molar-refractivity contribution in [3.63, 3.8) is 0 Å². The van der Waals surface area contributed by atoms with Crippen LogP contribution in [-0.4, -0.2) is 58.4 Å². The van der Waals surface area contributed by atoms with Gasteiger partial charge in [-0.1, -0.05) is 54.5 Å². The molecule has 0 atom stereocenters. The minimum absolute atomic E-state index is 0.0516. The Labute approximate surface area is 200 Å². The summed E-state index contributed by atoms with van der Waals surface area (Å²) in [5, 5.41) is 0. The molecule has 33 heavy (non-hydrogen) atoms. The van der Waals surface area contributed by atoms with Crippen molar-refractivity contribution >= 4 is 5.91 Å². The van der Waals surface area contributed by atoms with Crippen molar-refractivity contribution in [2.75, 3.05) is 32.7 Å². The normalized spacial score (nSPS) is 16.2. The lowest BCUT2D eigenvalue weighted by atomic mass is 9.79. The molecule has 5 nitrogen and oxygen atoms in total. The number of pyridine rings is 2. The van der Waals surface area contributed by atoms with Crippen molar-refractivity contribution in [3.8, 4) is 0 Å². The number of aromatic nitrogens is 2. The molecule has 180 valence electrons. The maximum atomic E-state index is 12.6. The summed E-state index contributed by atoms with van der Waals surface area (Å²) >= 11 is 0. The first-order valence-electron chi connectivity index (χ1n) is 12.2. The van der Waals surface area contributed by atoms with Crippen molar-refractivity contribution in [2.45, 2.75) is 72.6 Å². The molecular formula is C28H42N4O. The van der Waals surface area contributed by atoms with Gasteiger partial charge in [-0.15, -0.1) is 0 Å². The van der Waals surface area contributed by atoms with E-state index in [2.05, 4.69) is 62.7 Å². The lowest BCUT2D eigenvalue weighted by molar-refractivity contribution is -0.141. The van der Waals surface area contributed by atoms with Crippen molar-refractivity contribution in [1.29, 1.82) is 0 Å². The predicted molar refractivity (Wildman–Crippen MR) is 135 cm³/mol. The first-order valence-corrected chi connectivity index (χ1v) is 12.2. The smallest absolute Gasteiger partial charge is 0.228 e. The number of rotatable bonds is 6. The molecule has 0 aliphatic carbocycles. The molecule has 1 amide bonds. The molecule has 0 unspecified atom stereocenters. The molecule has 0 radical (unpaired) electrons. The van der Waals surface area contributed by atoms with Crippen LogP contribution in [0, 0.1) is 12.3 Å². The van der Waals surface area contributed by atoms with Crippen molar-refractivity contribution in [2.24, 2.45) is 5.41 Å². The summed E-state index contributed by atoms with van der Waals surface area (Å²) < 4.78 is 0. The van der Waals surface area contributed by atoms with Gasteiger partial charge in [0.25, 0.3) is 0 Å². The molecule has 1 aliphatic rings. The molecule has 1 saturated heterocycles. The van der Waals surface area contributed by atoms with Crippen LogP contribution >= 0.6 is 0 Å². The zero-order chi connectivity index (χ0) is 24.4. The molecule has 0 bridgehead atoms. The van der Waals surface area contributed by atoms with E-state index in [4.69, 9.17) is 4.98 Å². The fourth-order valence-corrected chi connectivity index (χ4v) is 4.97. The maximum Gasteiger partial charge on any atom is 0.228 e. The third kappa shape index (κ3) is 6.20. The first kappa shape index (κ1) is 25.4. The zero-order valence-electron chi connectivity index (χ0n) is 21.9. The lowest BCUT2D eigenvalue weighted by Gasteiger charge is -2.40. The molecule has 1 fully saturated rings. The molecule has 2 aromatic heterocycles. The van der Waals surface area contributed by atoms with E-state index in [1.807, 2.05) is 44.1 Å². The van der Waals surface area contributed by atoms with E-state index in [-0.39, 0.29) is 22.2 Å². The Morgan fingerprint density at radius 2 is 1.58 bits per heavy atom. The van der Waals surface area contributed by atoms with Gasteiger partial charge in [-0.2, -0.15) is 0 Å². The second kappa shape index (κ2) is 9.54. The Hall–Kier alpha value is -2.27. The van der Waals surface area contributed by atoms with Crippen molar-refractivity contribution in [3.05, 3.63) is 59.2 Å². The van der Waals surface area contributed by atoms with Gasteiger partial charge in [0, 0.05) is 72.8 Å². The van der Waals surface area contributed by atoms with E-state index in [1.54, 1.807) is 0 Å². The number of carbonyl (C=O) groups is 1. The maximum absolute atomic E-state index is 12.6. The Balaban J connectivity index is 1.67. The number of aryl methyl sites for hydroxylation is 1. The molecule has 0 saturated carbocycles. The minimum atomic E-state index is -0.312.